The van der Waals surface area contributed by atoms with E-state index in [9.17, 15) is 13.2 Å². The van der Waals surface area contributed by atoms with Crippen LogP contribution < -0.4 is 11.1 Å². The number of anilines is 2. The largest absolute Gasteiger partial charge is 0.399 e. The standard InChI is InChI=1S/C14H13BrN2O3S/c15-10-2-1-3-13(8-10)21(19,20)9-14(18)17-12-6-4-11(16)5-7-12/h1-8H,9,16H2,(H,17,18). The Morgan fingerprint density at radius 1 is 1.14 bits per heavy atom. The van der Waals surface area contributed by atoms with E-state index in [1.807, 2.05) is 0 Å². The molecule has 0 spiro atoms. The topological polar surface area (TPSA) is 89.3 Å². The minimum absolute atomic E-state index is 0.101. The zero-order chi connectivity index (χ0) is 15.5. The van der Waals surface area contributed by atoms with Gasteiger partial charge < -0.3 is 11.1 Å². The van der Waals surface area contributed by atoms with Crippen LogP contribution in [-0.4, -0.2) is 20.1 Å². The quantitative estimate of drug-likeness (QED) is 0.811. The monoisotopic (exact) mass is 368 g/mol. The normalized spacial score (nSPS) is 11.1. The molecule has 0 aliphatic heterocycles. The second-order valence-electron chi connectivity index (χ2n) is 4.39. The molecular weight excluding hydrogens is 356 g/mol. The number of hydrogen-bond donors (Lipinski definition) is 2. The molecule has 0 aliphatic rings. The number of nitrogen functional groups attached to an aromatic ring is 1. The predicted octanol–water partition coefficient (Wildman–Crippen LogP) is 2.44. The number of amides is 1. The number of benzene rings is 2. The highest BCUT2D eigenvalue weighted by molar-refractivity contribution is 9.10. The molecule has 0 saturated carbocycles. The van der Waals surface area contributed by atoms with Crippen LogP contribution >= 0.6 is 15.9 Å². The van der Waals surface area contributed by atoms with Crippen LogP contribution in [0.3, 0.4) is 0 Å². The van der Waals surface area contributed by atoms with Crippen molar-refractivity contribution in [1.82, 2.24) is 0 Å². The van der Waals surface area contributed by atoms with Gasteiger partial charge in [0.2, 0.25) is 5.91 Å². The summed E-state index contributed by atoms with van der Waals surface area (Å²) in [6.07, 6.45) is 0. The Bertz CT molecular complexity index is 758. The van der Waals surface area contributed by atoms with Crippen molar-refractivity contribution < 1.29 is 13.2 Å². The number of carbonyl (C=O) groups excluding carboxylic acids is 1. The van der Waals surface area contributed by atoms with Crippen molar-refractivity contribution in [1.29, 1.82) is 0 Å². The molecule has 2 aromatic carbocycles. The fraction of sp³-hybridized carbons (Fsp3) is 0.0714. The van der Waals surface area contributed by atoms with E-state index in [1.54, 1.807) is 36.4 Å². The maximum absolute atomic E-state index is 12.1. The highest BCUT2D eigenvalue weighted by Gasteiger charge is 2.19. The van der Waals surface area contributed by atoms with E-state index in [2.05, 4.69) is 21.2 Å². The van der Waals surface area contributed by atoms with Gasteiger partial charge in [0, 0.05) is 15.8 Å². The fourth-order valence-corrected chi connectivity index (χ4v) is 3.41. The summed E-state index contributed by atoms with van der Waals surface area (Å²) in [5.74, 6) is -1.21. The molecule has 7 heteroatoms. The Hall–Kier alpha value is -1.86. The maximum atomic E-state index is 12.1. The number of hydrogen-bond acceptors (Lipinski definition) is 4. The number of sulfone groups is 1. The van der Waals surface area contributed by atoms with Crippen LogP contribution in [0.1, 0.15) is 0 Å². The third kappa shape index (κ3) is 4.30. The first-order valence-electron chi connectivity index (χ1n) is 6.00. The lowest BCUT2D eigenvalue weighted by Gasteiger charge is -2.07. The van der Waals surface area contributed by atoms with E-state index >= 15 is 0 Å². The molecule has 1 amide bonds. The molecule has 0 atom stereocenters. The van der Waals surface area contributed by atoms with E-state index in [-0.39, 0.29) is 4.90 Å². The molecule has 0 heterocycles. The van der Waals surface area contributed by atoms with Gasteiger partial charge in [-0.2, -0.15) is 0 Å². The van der Waals surface area contributed by atoms with Crippen LogP contribution in [0.25, 0.3) is 0 Å². The van der Waals surface area contributed by atoms with Crippen molar-refractivity contribution in [2.45, 2.75) is 4.90 Å². The third-order valence-corrected chi connectivity index (χ3v) is 4.78. The molecule has 110 valence electrons. The summed E-state index contributed by atoms with van der Waals surface area (Å²) in [7, 11) is -3.68. The molecule has 2 rings (SSSR count). The van der Waals surface area contributed by atoms with Gasteiger partial charge in [-0.1, -0.05) is 22.0 Å². The highest BCUT2D eigenvalue weighted by atomic mass is 79.9. The van der Waals surface area contributed by atoms with Crippen molar-refractivity contribution in [3.63, 3.8) is 0 Å². The Balaban J connectivity index is 2.09. The molecule has 0 saturated heterocycles. The average Bonchev–Trinajstić information content (AvgIpc) is 2.41. The first kappa shape index (κ1) is 15.5. The molecule has 2 aromatic rings. The Labute approximate surface area is 131 Å². The lowest BCUT2D eigenvalue weighted by atomic mass is 10.3. The Morgan fingerprint density at radius 2 is 1.81 bits per heavy atom. The van der Waals surface area contributed by atoms with Gasteiger partial charge in [0.15, 0.2) is 9.84 Å². The van der Waals surface area contributed by atoms with Gasteiger partial charge in [0.25, 0.3) is 0 Å². The Morgan fingerprint density at radius 3 is 2.43 bits per heavy atom. The van der Waals surface area contributed by atoms with Gasteiger partial charge in [-0.25, -0.2) is 8.42 Å². The third-order valence-electron chi connectivity index (χ3n) is 2.67. The van der Waals surface area contributed by atoms with Gasteiger partial charge in [-0.15, -0.1) is 0 Å². The molecule has 0 aliphatic carbocycles. The van der Waals surface area contributed by atoms with Crippen molar-refractivity contribution >= 4 is 43.0 Å². The zero-order valence-corrected chi connectivity index (χ0v) is 13.3. The first-order chi connectivity index (χ1) is 9.87. The van der Waals surface area contributed by atoms with E-state index in [1.165, 1.54) is 12.1 Å². The number of halogens is 1. The molecule has 0 fully saturated rings. The molecule has 0 unspecified atom stereocenters. The second kappa shape index (κ2) is 6.28. The summed E-state index contributed by atoms with van der Waals surface area (Å²) in [5.41, 5.74) is 6.60. The summed E-state index contributed by atoms with van der Waals surface area (Å²) in [6.45, 7) is 0. The summed E-state index contributed by atoms with van der Waals surface area (Å²) in [4.78, 5) is 11.9. The van der Waals surface area contributed by atoms with Crippen LogP contribution in [0.15, 0.2) is 57.9 Å². The number of nitrogens with one attached hydrogen (secondary N) is 1. The van der Waals surface area contributed by atoms with Crippen molar-refractivity contribution in [2.75, 3.05) is 16.8 Å². The van der Waals surface area contributed by atoms with Gasteiger partial charge in [-0.05, 0) is 42.5 Å². The molecule has 0 bridgehead atoms. The molecule has 21 heavy (non-hydrogen) atoms. The van der Waals surface area contributed by atoms with Gasteiger partial charge in [0.05, 0.1) is 4.90 Å². The van der Waals surface area contributed by atoms with Crippen LogP contribution in [0.4, 0.5) is 11.4 Å². The lowest BCUT2D eigenvalue weighted by molar-refractivity contribution is -0.113. The maximum Gasteiger partial charge on any atom is 0.239 e. The fourth-order valence-electron chi connectivity index (χ4n) is 1.68. The van der Waals surface area contributed by atoms with Crippen LogP contribution in [0.5, 0.6) is 0 Å². The summed E-state index contributed by atoms with van der Waals surface area (Å²) < 4.78 is 24.9. The van der Waals surface area contributed by atoms with Gasteiger partial charge >= 0.3 is 0 Å². The second-order valence-corrected chi connectivity index (χ2v) is 7.29. The summed E-state index contributed by atoms with van der Waals surface area (Å²) in [5, 5.41) is 2.52. The van der Waals surface area contributed by atoms with E-state index < -0.39 is 21.5 Å². The number of carbonyl (C=O) groups is 1. The highest BCUT2D eigenvalue weighted by Crippen LogP contribution is 2.18. The van der Waals surface area contributed by atoms with Crippen molar-refractivity contribution in [3.05, 3.63) is 53.0 Å². The van der Waals surface area contributed by atoms with Gasteiger partial charge in [0.1, 0.15) is 5.75 Å². The zero-order valence-electron chi connectivity index (χ0n) is 10.9. The number of rotatable bonds is 4. The van der Waals surface area contributed by atoms with E-state index in [4.69, 9.17) is 5.73 Å². The number of nitrogens with two attached hydrogens (primary N) is 1. The van der Waals surface area contributed by atoms with Crippen LogP contribution in [0.2, 0.25) is 0 Å². The molecule has 0 aromatic heterocycles. The van der Waals surface area contributed by atoms with Gasteiger partial charge in [-0.3, -0.25) is 4.79 Å². The summed E-state index contributed by atoms with van der Waals surface area (Å²) >= 11 is 3.20. The lowest BCUT2D eigenvalue weighted by Crippen LogP contribution is -2.23. The first-order valence-corrected chi connectivity index (χ1v) is 8.45. The predicted molar refractivity (Wildman–Crippen MR) is 85.7 cm³/mol. The van der Waals surface area contributed by atoms with Crippen LogP contribution in [0, 0.1) is 0 Å². The minimum Gasteiger partial charge on any atom is -0.399 e. The van der Waals surface area contributed by atoms with E-state index in [0.717, 1.165) is 0 Å². The molecule has 5 nitrogen and oxygen atoms in total. The van der Waals surface area contributed by atoms with Crippen LogP contribution in [-0.2, 0) is 14.6 Å². The average molecular weight is 369 g/mol. The molecular formula is C14H13BrN2O3S. The van der Waals surface area contributed by atoms with Crippen molar-refractivity contribution in [3.8, 4) is 0 Å². The summed E-state index contributed by atoms with van der Waals surface area (Å²) in [6, 6.07) is 12.7. The SMILES string of the molecule is Nc1ccc(NC(=O)CS(=O)(=O)c2cccc(Br)c2)cc1. The van der Waals surface area contributed by atoms with Crippen molar-refractivity contribution in [2.24, 2.45) is 0 Å². The molecule has 0 radical (unpaired) electrons. The van der Waals surface area contributed by atoms with E-state index in [0.29, 0.717) is 15.8 Å². The molecule has 3 N–H and O–H groups in total. The smallest absolute Gasteiger partial charge is 0.239 e. The Kier molecular flexibility index (Phi) is 4.64. The minimum atomic E-state index is -3.68.